The van der Waals surface area contributed by atoms with Gasteiger partial charge in [-0.3, -0.25) is 4.21 Å². The molecule has 3 saturated carbocycles. The number of hydrogen-bond acceptors (Lipinski definition) is 8. The van der Waals surface area contributed by atoms with Crippen LogP contribution < -0.4 is 10.2 Å². The third-order valence-electron chi connectivity index (χ3n) is 9.23. The molecular formula is C25H31ClN6O2S. The second-order valence-electron chi connectivity index (χ2n) is 11.6. The molecule has 2 spiro atoms. The minimum atomic E-state index is -1.08. The number of hydrogen-bond donors (Lipinski definition) is 2. The highest BCUT2D eigenvalue weighted by molar-refractivity contribution is 7.85. The zero-order valence-corrected chi connectivity index (χ0v) is 21.4. The lowest BCUT2D eigenvalue weighted by atomic mass is 9.66. The van der Waals surface area contributed by atoms with Gasteiger partial charge in [0.1, 0.15) is 16.5 Å². The molecule has 186 valence electrons. The number of nitrogens with zero attached hydrogens (tertiary/aromatic N) is 5. The van der Waals surface area contributed by atoms with Crippen molar-refractivity contribution in [1.29, 1.82) is 0 Å². The maximum atomic E-state index is 13.1. The molecule has 0 radical (unpaired) electrons. The summed E-state index contributed by atoms with van der Waals surface area (Å²) in [6, 6.07) is 0. The summed E-state index contributed by atoms with van der Waals surface area (Å²) >= 11 is 5.96. The predicted molar refractivity (Wildman–Crippen MR) is 134 cm³/mol. The Hall–Kier alpha value is -1.84. The molecule has 0 aromatic carbocycles. The summed E-state index contributed by atoms with van der Waals surface area (Å²) in [6.45, 7) is 1.99. The smallest absolute Gasteiger partial charge is 0.227 e. The molecule has 2 aliphatic heterocycles. The Bertz CT molecular complexity index is 1180. The van der Waals surface area contributed by atoms with E-state index >= 15 is 0 Å². The van der Waals surface area contributed by atoms with Gasteiger partial charge in [0, 0.05) is 48.0 Å². The summed E-state index contributed by atoms with van der Waals surface area (Å²) in [5.41, 5.74) is 0.959. The van der Waals surface area contributed by atoms with Crippen molar-refractivity contribution in [2.24, 2.45) is 5.41 Å². The fourth-order valence-corrected chi connectivity index (χ4v) is 8.54. The maximum absolute atomic E-state index is 13.1. The number of halogens is 1. The highest BCUT2D eigenvalue weighted by Crippen LogP contribution is 2.57. The minimum Gasteiger partial charge on any atom is -0.394 e. The summed E-state index contributed by atoms with van der Waals surface area (Å²) in [6.07, 6.45) is 12.9. The third kappa shape index (κ3) is 3.60. The first kappa shape index (κ1) is 22.4. The monoisotopic (exact) mass is 514 g/mol. The molecule has 2 aromatic rings. The van der Waals surface area contributed by atoms with E-state index in [0.29, 0.717) is 27.9 Å². The summed E-state index contributed by atoms with van der Waals surface area (Å²) < 4.78 is 13.1. The molecule has 1 saturated heterocycles. The maximum Gasteiger partial charge on any atom is 0.227 e. The molecule has 0 amide bonds. The van der Waals surface area contributed by atoms with Crippen LogP contribution in [0.1, 0.15) is 75.2 Å². The lowest BCUT2D eigenvalue weighted by molar-refractivity contribution is 0.124. The Morgan fingerprint density at radius 3 is 2.40 bits per heavy atom. The lowest BCUT2D eigenvalue weighted by Crippen LogP contribution is -2.58. The van der Waals surface area contributed by atoms with Crippen LogP contribution in [0.5, 0.6) is 0 Å². The number of aliphatic hydroxyl groups is 1. The summed E-state index contributed by atoms with van der Waals surface area (Å²) in [5.74, 6) is 3.44. The van der Waals surface area contributed by atoms with Crippen molar-refractivity contribution < 1.29 is 9.32 Å². The Kier molecular flexibility index (Phi) is 5.00. The van der Waals surface area contributed by atoms with Crippen molar-refractivity contribution >= 4 is 34.2 Å². The number of fused-ring (bicyclic) bond motifs is 2. The number of aromatic nitrogens is 4. The molecule has 0 bridgehead atoms. The number of aliphatic hydroxyl groups excluding tert-OH is 1. The van der Waals surface area contributed by atoms with Crippen molar-refractivity contribution in [1.82, 2.24) is 19.9 Å². The Morgan fingerprint density at radius 1 is 1.09 bits per heavy atom. The van der Waals surface area contributed by atoms with Gasteiger partial charge in [0.25, 0.3) is 0 Å². The van der Waals surface area contributed by atoms with Crippen LogP contribution >= 0.6 is 11.6 Å². The molecule has 8 nitrogen and oxygen atoms in total. The lowest BCUT2D eigenvalue weighted by Gasteiger charge is -2.53. The Balaban J connectivity index is 1.11. The first-order chi connectivity index (χ1) is 16.9. The van der Waals surface area contributed by atoms with Crippen molar-refractivity contribution in [2.75, 3.05) is 35.7 Å². The SMILES string of the molecule is O=S1CC2(CC2)c2nc(N3CC4(CCC(c5ncc(Cl)cn5)CC4)C3)nc(NC3(CO)CCC3)c21. The summed E-state index contributed by atoms with van der Waals surface area (Å²) in [5, 5.41) is 14.2. The van der Waals surface area contributed by atoms with Crippen LogP contribution in [0.25, 0.3) is 0 Å². The first-order valence-electron chi connectivity index (χ1n) is 12.8. The van der Waals surface area contributed by atoms with Crippen LogP contribution in [-0.2, 0) is 16.2 Å². The molecule has 5 aliphatic rings. The van der Waals surface area contributed by atoms with E-state index in [1.165, 1.54) is 0 Å². The van der Waals surface area contributed by atoms with E-state index in [-0.39, 0.29) is 17.6 Å². The van der Waals surface area contributed by atoms with Crippen LogP contribution in [0, 0.1) is 5.41 Å². The van der Waals surface area contributed by atoms with E-state index in [0.717, 1.165) is 93.2 Å². The highest BCUT2D eigenvalue weighted by Gasteiger charge is 2.56. The second kappa shape index (κ2) is 7.83. The largest absolute Gasteiger partial charge is 0.394 e. The number of nitrogens with one attached hydrogen (secondary N) is 1. The standard InChI is InChI=1S/C25H31ClN6O2S/c26-17-10-27-20(28-11-17)16-2-6-23(7-3-16)12-32(13-23)22-29-19-18(35(34)15-24(19)8-9-24)21(30-22)31-25(14-33)4-1-5-25/h10-11,16,33H,1-9,12-15H2,(H,29,30,31). The molecule has 2 aromatic heterocycles. The molecule has 4 fully saturated rings. The molecule has 7 rings (SSSR count). The van der Waals surface area contributed by atoms with Crippen molar-refractivity contribution in [3.8, 4) is 0 Å². The van der Waals surface area contributed by atoms with E-state index in [4.69, 9.17) is 21.6 Å². The molecule has 10 heteroatoms. The van der Waals surface area contributed by atoms with Gasteiger partial charge in [0.05, 0.1) is 33.7 Å². The van der Waals surface area contributed by atoms with Gasteiger partial charge in [-0.25, -0.2) is 15.0 Å². The minimum absolute atomic E-state index is 0.0144. The molecule has 4 heterocycles. The molecule has 35 heavy (non-hydrogen) atoms. The average molecular weight is 515 g/mol. The molecular weight excluding hydrogens is 484 g/mol. The molecule has 3 aliphatic carbocycles. The van der Waals surface area contributed by atoms with Crippen LogP contribution in [0.2, 0.25) is 5.02 Å². The predicted octanol–water partition coefficient (Wildman–Crippen LogP) is 3.56. The number of rotatable bonds is 5. The van der Waals surface area contributed by atoms with Gasteiger partial charge in [-0.05, 0) is 57.8 Å². The fourth-order valence-electron chi connectivity index (χ4n) is 6.58. The Labute approximate surface area is 212 Å². The van der Waals surface area contributed by atoms with E-state index in [1.54, 1.807) is 12.4 Å². The zero-order valence-electron chi connectivity index (χ0n) is 19.8. The normalized spacial score (nSPS) is 27.4. The van der Waals surface area contributed by atoms with Gasteiger partial charge in [0.15, 0.2) is 0 Å². The average Bonchev–Trinajstić information content (AvgIpc) is 3.54. The van der Waals surface area contributed by atoms with Crippen molar-refractivity contribution in [2.45, 2.75) is 79.6 Å². The van der Waals surface area contributed by atoms with Crippen LogP contribution in [0.15, 0.2) is 17.3 Å². The summed E-state index contributed by atoms with van der Waals surface area (Å²) in [4.78, 5) is 22.0. The van der Waals surface area contributed by atoms with Gasteiger partial charge in [-0.2, -0.15) is 4.98 Å². The van der Waals surface area contributed by atoms with E-state index in [2.05, 4.69) is 20.2 Å². The molecule has 1 atom stereocenters. The van der Waals surface area contributed by atoms with Gasteiger partial charge < -0.3 is 15.3 Å². The van der Waals surface area contributed by atoms with Crippen molar-refractivity contribution in [3.63, 3.8) is 0 Å². The van der Waals surface area contributed by atoms with Crippen molar-refractivity contribution in [3.05, 3.63) is 28.9 Å². The summed E-state index contributed by atoms with van der Waals surface area (Å²) in [7, 11) is -1.08. The van der Waals surface area contributed by atoms with Gasteiger partial charge in [-0.15, -0.1) is 0 Å². The van der Waals surface area contributed by atoms with Gasteiger partial charge >= 0.3 is 0 Å². The topological polar surface area (TPSA) is 104 Å². The van der Waals surface area contributed by atoms with E-state index < -0.39 is 10.8 Å². The van der Waals surface area contributed by atoms with Crippen LogP contribution in [-0.4, -0.2) is 60.2 Å². The van der Waals surface area contributed by atoms with Gasteiger partial charge in [-0.1, -0.05) is 11.6 Å². The fraction of sp³-hybridized carbons (Fsp3) is 0.680. The van der Waals surface area contributed by atoms with Crippen LogP contribution in [0.4, 0.5) is 11.8 Å². The van der Waals surface area contributed by atoms with Crippen LogP contribution in [0.3, 0.4) is 0 Å². The second-order valence-corrected chi connectivity index (χ2v) is 13.5. The quantitative estimate of drug-likeness (QED) is 0.624. The van der Waals surface area contributed by atoms with E-state index in [9.17, 15) is 9.32 Å². The van der Waals surface area contributed by atoms with Gasteiger partial charge in [0.2, 0.25) is 5.95 Å². The zero-order chi connectivity index (χ0) is 23.8. The third-order valence-corrected chi connectivity index (χ3v) is 11.1. The Morgan fingerprint density at radius 2 is 1.80 bits per heavy atom. The number of anilines is 2. The molecule has 1 unspecified atom stereocenters. The first-order valence-corrected chi connectivity index (χ1v) is 14.5. The van der Waals surface area contributed by atoms with E-state index in [1.807, 2.05) is 0 Å². The molecule has 2 N–H and O–H groups in total. The highest BCUT2D eigenvalue weighted by atomic mass is 35.5.